The Morgan fingerprint density at radius 3 is 2.13 bits per heavy atom. The molecule has 192 valence electrons. The van der Waals surface area contributed by atoms with E-state index in [1.54, 1.807) is 24.3 Å². The quantitative estimate of drug-likeness (QED) is 0.237. The topological polar surface area (TPSA) is 84.9 Å². The van der Waals surface area contributed by atoms with E-state index in [0.717, 1.165) is 37.9 Å². The fourth-order valence-corrected chi connectivity index (χ4v) is 5.18. The molecule has 0 saturated heterocycles. The molecular formula is C31H26BrNO5. The van der Waals surface area contributed by atoms with Crippen LogP contribution in [0, 0.1) is 0 Å². The number of benzene rings is 4. The molecule has 1 amide bonds. The van der Waals surface area contributed by atoms with Crippen molar-refractivity contribution in [2.45, 2.75) is 25.0 Å². The predicted octanol–water partition coefficient (Wildman–Crippen LogP) is 6.56. The SMILES string of the molecule is O=C(NC(Cc1ccc(OCc2cccc(Br)c2)cc1)C(=O)O)OCC1c2ccccc2-c2ccccc21. The van der Waals surface area contributed by atoms with Gasteiger partial charge in [-0.15, -0.1) is 0 Å². The second kappa shape index (κ2) is 11.5. The van der Waals surface area contributed by atoms with Gasteiger partial charge in [0, 0.05) is 16.8 Å². The van der Waals surface area contributed by atoms with Crippen LogP contribution in [-0.2, 0) is 22.6 Å². The molecule has 1 unspecified atom stereocenters. The van der Waals surface area contributed by atoms with E-state index in [1.165, 1.54) is 0 Å². The monoisotopic (exact) mass is 571 g/mol. The van der Waals surface area contributed by atoms with E-state index in [1.807, 2.05) is 60.7 Å². The van der Waals surface area contributed by atoms with Gasteiger partial charge in [-0.1, -0.05) is 88.7 Å². The summed E-state index contributed by atoms with van der Waals surface area (Å²) in [6.07, 6.45) is -0.640. The first-order valence-electron chi connectivity index (χ1n) is 12.3. The maximum atomic E-state index is 12.6. The lowest BCUT2D eigenvalue weighted by molar-refractivity contribution is -0.139. The van der Waals surface area contributed by atoms with Crippen LogP contribution in [0.4, 0.5) is 4.79 Å². The Bertz CT molecular complexity index is 1410. The molecule has 0 bridgehead atoms. The van der Waals surface area contributed by atoms with Crippen molar-refractivity contribution in [3.8, 4) is 16.9 Å². The Kier molecular flexibility index (Phi) is 7.75. The van der Waals surface area contributed by atoms with E-state index in [2.05, 4.69) is 33.4 Å². The number of hydrogen-bond acceptors (Lipinski definition) is 4. The van der Waals surface area contributed by atoms with Crippen LogP contribution >= 0.6 is 15.9 Å². The molecule has 6 nitrogen and oxygen atoms in total. The third kappa shape index (κ3) is 5.89. The Labute approximate surface area is 229 Å². The molecular weight excluding hydrogens is 546 g/mol. The minimum Gasteiger partial charge on any atom is -0.489 e. The molecule has 4 aromatic carbocycles. The molecule has 1 aliphatic rings. The molecule has 1 aliphatic carbocycles. The minimum absolute atomic E-state index is 0.0963. The number of carbonyl (C=O) groups is 2. The summed E-state index contributed by atoms with van der Waals surface area (Å²) >= 11 is 3.45. The van der Waals surface area contributed by atoms with Crippen LogP contribution in [0.1, 0.15) is 28.2 Å². The lowest BCUT2D eigenvalue weighted by atomic mass is 9.98. The van der Waals surface area contributed by atoms with Gasteiger partial charge in [0.05, 0.1) is 0 Å². The number of hydrogen-bond donors (Lipinski definition) is 2. The van der Waals surface area contributed by atoms with Crippen LogP contribution in [0.3, 0.4) is 0 Å². The summed E-state index contributed by atoms with van der Waals surface area (Å²) in [4.78, 5) is 24.5. The number of aliphatic carboxylic acids is 1. The average molecular weight is 572 g/mol. The molecule has 0 aromatic heterocycles. The maximum absolute atomic E-state index is 12.6. The number of carboxylic acids is 1. The number of rotatable bonds is 9. The molecule has 0 radical (unpaired) electrons. The van der Waals surface area contributed by atoms with Gasteiger partial charge < -0.3 is 19.9 Å². The number of alkyl carbamates (subject to hydrolysis) is 1. The van der Waals surface area contributed by atoms with Crippen LogP contribution in [0.5, 0.6) is 5.75 Å². The summed E-state index contributed by atoms with van der Waals surface area (Å²) in [6.45, 7) is 0.538. The van der Waals surface area contributed by atoms with Gasteiger partial charge in [0.25, 0.3) is 0 Å². The zero-order valence-electron chi connectivity index (χ0n) is 20.5. The zero-order chi connectivity index (χ0) is 26.5. The van der Waals surface area contributed by atoms with Gasteiger partial charge in [-0.25, -0.2) is 9.59 Å². The molecule has 38 heavy (non-hydrogen) atoms. The lowest BCUT2D eigenvalue weighted by Crippen LogP contribution is -2.42. The number of fused-ring (bicyclic) bond motifs is 3. The van der Waals surface area contributed by atoms with Gasteiger partial charge in [0.2, 0.25) is 0 Å². The first-order valence-corrected chi connectivity index (χ1v) is 13.1. The molecule has 5 rings (SSSR count). The van der Waals surface area contributed by atoms with Crippen molar-refractivity contribution in [1.82, 2.24) is 5.32 Å². The third-order valence-electron chi connectivity index (χ3n) is 6.59. The fraction of sp³-hybridized carbons (Fsp3) is 0.161. The van der Waals surface area contributed by atoms with Crippen LogP contribution in [-0.4, -0.2) is 29.8 Å². The van der Waals surface area contributed by atoms with Crippen LogP contribution in [0.2, 0.25) is 0 Å². The van der Waals surface area contributed by atoms with E-state index in [0.29, 0.717) is 12.4 Å². The number of ether oxygens (including phenoxy) is 2. The number of carbonyl (C=O) groups excluding carboxylic acids is 1. The highest BCUT2D eigenvalue weighted by atomic mass is 79.9. The van der Waals surface area contributed by atoms with Crippen molar-refractivity contribution in [3.63, 3.8) is 0 Å². The van der Waals surface area contributed by atoms with Gasteiger partial charge in [-0.05, 0) is 57.6 Å². The number of amides is 1. The van der Waals surface area contributed by atoms with Crippen molar-refractivity contribution in [2.24, 2.45) is 0 Å². The van der Waals surface area contributed by atoms with Gasteiger partial charge in [0.1, 0.15) is 25.0 Å². The van der Waals surface area contributed by atoms with Gasteiger partial charge in [-0.3, -0.25) is 0 Å². The Hall–Kier alpha value is -4.10. The van der Waals surface area contributed by atoms with Crippen molar-refractivity contribution in [1.29, 1.82) is 0 Å². The van der Waals surface area contributed by atoms with Gasteiger partial charge in [0.15, 0.2) is 0 Å². The molecule has 0 fully saturated rings. The largest absolute Gasteiger partial charge is 0.489 e. The summed E-state index contributed by atoms with van der Waals surface area (Å²) in [5.41, 5.74) is 6.24. The molecule has 2 N–H and O–H groups in total. The summed E-state index contributed by atoms with van der Waals surface area (Å²) < 4.78 is 12.3. The molecule has 0 aliphatic heterocycles. The fourth-order valence-electron chi connectivity index (χ4n) is 4.73. The summed E-state index contributed by atoms with van der Waals surface area (Å²) in [7, 11) is 0. The molecule has 0 spiro atoms. The van der Waals surface area contributed by atoms with Crippen LogP contribution < -0.4 is 10.1 Å². The molecule has 0 saturated carbocycles. The highest BCUT2D eigenvalue weighted by molar-refractivity contribution is 9.10. The van der Waals surface area contributed by atoms with Crippen molar-refractivity contribution in [2.75, 3.05) is 6.61 Å². The van der Waals surface area contributed by atoms with Crippen molar-refractivity contribution < 1.29 is 24.2 Å². The van der Waals surface area contributed by atoms with Crippen LogP contribution in [0.15, 0.2) is 102 Å². The summed E-state index contributed by atoms with van der Waals surface area (Å²) in [5.74, 6) is -0.556. The zero-order valence-corrected chi connectivity index (χ0v) is 22.1. The van der Waals surface area contributed by atoms with E-state index < -0.39 is 18.1 Å². The summed E-state index contributed by atoms with van der Waals surface area (Å²) in [6, 6.07) is 30.0. The first-order chi connectivity index (χ1) is 18.5. The minimum atomic E-state index is -1.13. The molecule has 1 atom stereocenters. The Morgan fingerprint density at radius 1 is 0.842 bits per heavy atom. The second-order valence-electron chi connectivity index (χ2n) is 9.13. The van der Waals surface area contributed by atoms with E-state index in [9.17, 15) is 14.7 Å². The number of halogens is 1. The van der Waals surface area contributed by atoms with E-state index in [-0.39, 0.29) is 18.9 Å². The molecule has 7 heteroatoms. The smallest absolute Gasteiger partial charge is 0.407 e. The second-order valence-corrected chi connectivity index (χ2v) is 10.0. The van der Waals surface area contributed by atoms with Crippen molar-refractivity contribution in [3.05, 3.63) is 124 Å². The standard InChI is InChI=1S/C31H26BrNO5/c32-22-7-5-6-21(16-22)18-37-23-14-12-20(13-15-23)17-29(30(34)35)33-31(36)38-19-28-26-10-3-1-8-24(26)25-9-2-4-11-27(25)28/h1-16,28-29H,17-19H2,(H,33,36)(H,34,35). The average Bonchev–Trinajstić information content (AvgIpc) is 3.25. The molecule has 4 aromatic rings. The number of nitrogens with one attached hydrogen (secondary N) is 1. The normalized spacial score (nSPS) is 12.8. The maximum Gasteiger partial charge on any atom is 0.407 e. The van der Waals surface area contributed by atoms with Crippen molar-refractivity contribution >= 4 is 28.0 Å². The van der Waals surface area contributed by atoms with Crippen LogP contribution in [0.25, 0.3) is 11.1 Å². The van der Waals surface area contributed by atoms with Gasteiger partial charge in [-0.2, -0.15) is 0 Å². The van der Waals surface area contributed by atoms with E-state index >= 15 is 0 Å². The first kappa shape index (κ1) is 25.5. The Morgan fingerprint density at radius 2 is 1.50 bits per heavy atom. The Balaban J connectivity index is 1.17. The van der Waals surface area contributed by atoms with Gasteiger partial charge >= 0.3 is 12.1 Å². The number of carboxylic acid groups (broad SMARTS) is 1. The summed E-state index contributed by atoms with van der Waals surface area (Å²) in [5, 5.41) is 12.2. The predicted molar refractivity (Wildman–Crippen MR) is 148 cm³/mol. The lowest BCUT2D eigenvalue weighted by Gasteiger charge is -2.17. The molecule has 0 heterocycles. The van der Waals surface area contributed by atoms with E-state index in [4.69, 9.17) is 9.47 Å². The third-order valence-corrected chi connectivity index (χ3v) is 7.08. The highest BCUT2D eigenvalue weighted by Gasteiger charge is 2.29. The highest BCUT2D eigenvalue weighted by Crippen LogP contribution is 2.44.